The van der Waals surface area contributed by atoms with Crippen molar-refractivity contribution in [3.8, 4) is 0 Å². The van der Waals surface area contributed by atoms with Crippen molar-refractivity contribution < 1.29 is 0 Å². The Morgan fingerprint density at radius 3 is 1.95 bits per heavy atom. The van der Waals surface area contributed by atoms with Crippen molar-refractivity contribution in [1.82, 2.24) is 0 Å². The van der Waals surface area contributed by atoms with Crippen LogP contribution in [-0.4, -0.2) is 12.2 Å². The first-order valence-corrected chi connectivity index (χ1v) is 10.1. The summed E-state index contributed by atoms with van der Waals surface area (Å²) in [6.07, 6.45) is 19.9. The van der Waals surface area contributed by atoms with Crippen LogP contribution in [0.15, 0.2) is 0 Å². The number of nitrogens with two attached hydrogens (primary N) is 1. The van der Waals surface area contributed by atoms with Crippen LogP contribution in [-0.2, 0) is 0 Å². The van der Waals surface area contributed by atoms with E-state index in [1.54, 1.807) is 0 Å². The lowest BCUT2D eigenvalue weighted by molar-refractivity contribution is 0.181. The minimum absolute atomic E-state index is 0.486. The zero-order chi connectivity index (χ0) is 14.2. The van der Waals surface area contributed by atoms with Crippen molar-refractivity contribution in [3.63, 3.8) is 0 Å². The second kappa shape index (κ2) is 9.42. The Morgan fingerprint density at radius 1 is 0.750 bits per heavy atom. The van der Waals surface area contributed by atoms with Gasteiger partial charge < -0.3 is 5.73 Å². The lowest BCUT2D eigenvalue weighted by Crippen LogP contribution is -2.38. The van der Waals surface area contributed by atoms with Gasteiger partial charge in [0, 0.05) is 6.04 Å². The molecule has 1 nitrogen and oxygen atoms in total. The molecule has 2 fully saturated rings. The molecule has 2 heteroatoms. The van der Waals surface area contributed by atoms with Crippen LogP contribution in [0.1, 0.15) is 83.5 Å². The first kappa shape index (κ1) is 16.8. The van der Waals surface area contributed by atoms with E-state index in [1.807, 2.05) is 0 Å². The van der Waals surface area contributed by atoms with Gasteiger partial charge in [-0.25, -0.2) is 0 Å². The second-order valence-corrected chi connectivity index (χ2v) is 7.88. The molecule has 20 heavy (non-hydrogen) atoms. The molecule has 2 rings (SSSR count). The summed E-state index contributed by atoms with van der Waals surface area (Å²) >= 11 is 0. The van der Waals surface area contributed by atoms with Crippen LogP contribution in [0.5, 0.6) is 0 Å². The molecule has 0 radical (unpaired) electrons. The Bertz CT molecular complexity index is 246. The van der Waals surface area contributed by atoms with Crippen LogP contribution in [0, 0.1) is 17.8 Å². The summed E-state index contributed by atoms with van der Waals surface area (Å²) in [7, 11) is 2.99. The third-order valence-electron chi connectivity index (χ3n) is 5.89. The summed E-state index contributed by atoms with van der Waals surface area (Å²) in [6, 6.07) is 0.486. The third-order valence-corrected chi connectivity index (χ3v) is 6.56. The van der Waals surface area contributed by atoms with Gasteiger partial charge in [0.1, 0.15) is 0 Å². The maximum absolute atomic E-state index is 6.62. The van der Waals surface area contributed by atoms with Gasteiger partial charge in [0.2, 0.25) is 0 Å². The van der Waals surface area contributed by atoms with E-state index in [2.05, 4.69) is 9.24 Å². The fraction of sp³-hybridized carbons (Fsp3) is 1.00. The molecule has 2 N–H and O–H groups in total. The van der Waals surface area contributed by atoms with Crippen LogP contribution < -0.4 is 5.73 Å². The molecule has 0 aromatic carbocycles. The van der Waals surface area contributed by atoms with E-state index < -0.39 is 0 Å². The molecule has 0 bridgehead atoms. The van der Waals surface area contributed by atoms with E-state index >= 15 is 0 Å². The predicted molar refractivity (Wildman–Crippen MR) is 93.0 cm³/mol. The smallest absolute Gasteiger partial charge is 0.00699 e. The van der Waals surface area contributed by atoms with Crippen LogP contribution in [0.3, 0.4) is 0 Å². The SMILES string of the molecule is NC1CCCCC(CP)CC1C1CCCCCCCC1. The van der Waals surface area contributed by atoms with Gasteiger partial charge in [-0.3, -0.25) is 0 Å². The summed E-state index contributed by atoms with van der Waals surface area (Å²) in [5.74, 6) is 2.67. The highest BCUT2D eigenvalue weighted by molar-refractivity contribution is 7.16. The number of hydrogen-bond acceptors (Lipinski definition) is 1. The Morgan fingerprint density at radius 2 is 1.30 bits per heavy atom. The van der Waals surface area contributed by atoms with E-state index in [-0.39, 0.29) is 0 Å². The molecule has 2 saturated carbocycles. The molecule has 4 atom stereocenters. The van der Waals surface area contributed by atoms with Crippen molar-refractivity contribution in [2.75, 3.05) is 6.16 Å². The fourth-order valence-corrected chi connectivity index (χ4v) is 4.98. The van der Waals surface area contributed by atoms with Gasteiger partial charge in [0.15, 0.2) is 0 Å². The van der Waals surface area contributed by atoms with Crippen molar-refractivity contribution in [3.05, 3.63) is 0 Å². The highest BCUT2D eigenvalue weighted by atomic mass is 31.0. The summed E-state index contributed by atoms with van der Waals surface area (Å²) in [5.41, 5.74) is 6.62. The van der Waals surface area contributed by atoms with Gasteiger partial charge >= 0.3 is 0 Å². The Hall–Kier alpha value is 0.390. The molecule has 0 aromatic rings. The standard InChI is InChI=1S/C18H36NP/c19-18-12-8-7-9-15(14-20)13-17(18)16-10-5-3-1-2-4-6-11-16/h15-18H,1-14,19-20H2. The highest BCUT2D eigenvalue weighted by Crippen LogP contribution is 2.37. The normalized spacial score (nSPS) is 35.4. The van der Waals surface area contributed by atoms with Gasteiger partial charge in [-0.15, -0.1) is 9.24 Å². The minimum atomic E-state index is 0.486. The van der Waals surface area contributed by atoms with Gasteiger partial charge in [-0.1, -0.05) is 70.6 Å². The van der Waals surface area contributed by atoms with Crippen LogP contribution in [0.4, 0.5) is 0 Å². The molecule has 4 unspecified atom stereocenters. The van der Waals surface area contributed by atoms with E-state index in [1.165, 1.54) is 89.6 Å². The number of hydrogen-bond donors (Lipinski definition) is 1. The first-order chi connectivity index (χ1) is 9.81. The van der Waals surface area contributed by atoms with Gasteiger partial charge in [-0.2, -0.15) is 0 Å². The zero-order valence-corrected chi connectivity index (χ0v) is 14.5. The average Bonchev–Trinajstić information content (AvgIpc) is 2.57. The van der Waals surface area contributed by atoms with Gasteiger partial charge in [0.05, 0.1) is 0 Å². The lowest BCUT2D eigenvalue weighted by Gasteiger charge is -2.36. The fourth-order valence-electron chi connectivity index (χ4n) is 4.55. The van der Waals surface area contributed by atoms with E-state index in [0.717, 1.165) is 17.8 Å². The lowest BCUT2D eigenvalue weighted by atomic mass is 9.72. The van der Waals surface area contributed by atoms with Gasteiger partial charge in [-0.05, 0) is 36.8 Å². The molecule has 0 amide bonds. The Kier molecular flexibility index (Phi) is 7.89. The molecular weight excluding hydrogens is 261 g/mol. The summed E-state index contributed by atoms with van der Waals surface area (Å²) in [5, 5.41) is 0. The van der Waals surface area contributed by atoms with Crippen molar-refractivity contribution >= 4 is 9.24 Å². The predicted octanol–water partition coefficient (Wildman–Crippen LogP) is 5.14. The monoisotopic (exact) mass is 297 g/mol. The van der Waals surface area contributed by atoms with Gasteiger partial charge in [0.25, 0.3) is 0 Å². The van der Waals surface area contributed by atoms with E-state index in [9.17, 15) is 0 Å². The quantitative estimate of drug-likeness (QED) is 0.702. The Labute approximate surface area is 129 Å². The maximum atomic E-state index is 6.62. The van der Waals surface area contributed by atoms with Crippen molar-refractivity contribution in [1.29, 1.82) is 0 Å². The largest absolute Gasteiger partial charge is 0.327 e. The molecule has 0 heterocycles. The summed E-state index contributed by atoms with van der Waals surface area (Å²) in [4.78, 5) is 0. The molecule has 0 aliphatic heterocycles. The third kappa shape index (κ3) is 5.30. The van der Waals surface area contributed by atoms with Crippen molar-refractivity contribution in [2.24, 2.45) is 23.5 Å². The molecule has 118 valence electrons. The Balaban J connectivity index is 1.98. The maximum Gasteiger partial charge on any atom is 0.00699 e. The van der Waals surface area contributed by atoms with E-state index in [4.69, 9.17) is 5.73 Å². The minimum Gasteiger partial charge on any atom is -0.327 e. The molecule has 2 aliphatic rings. The molecule has 0 aromatic heterocycles. The van der Waals surface area contributed by atoms with Crippen LogP contribution >= 0.6 is 9.24 Å². The summed E-state index contributed by atoms with van der Waals surface area (Å²) in [6.45, 7) is 0. The topological polar surface area (TPSA) is 26.0 Å². The molecule has 0 spiro atoms. The van der Waals surface area contributed by atoms with E-state index in [0.29, 0.717) is 6.04 Å². The average molecular weight is 297 g/mol. The van der Waals surface area contributed by atoms with Crippen LogP contribution in [0.2, 0.25) is 0 Å². The number of rotatable bonds is 2. The summed E-state index contributed by atoms with van der Waals surface area (Å²) < 4.78 is 0. The second-order valence-electron chi connectivity index (χ2n) is 7.41. The highest BCUT2D eigenvalue weighted by Gasteiger charge is 2.30. The molecular formula is C18H36NP. The van der Waals surface area contributed by atoms with Crippen molar-refractivity contribution in [2.45, 2.75) is 89.5 Å². The molecule has 2 aliphatic carbocycles. The zero-order valence-electron chi connectivity index (χ0n) is 13.4. The van der Waals surface area contributed by atoms with Crippen LogP contribution in [0.25, 0.3) is 0 Å². The first-order valence-electron chi connectivity index (χ1n) is 9.27. The molecule has 0 saturated heterocycles.